The van der Waals surface area contributed by atoms with E-state index in [0.29, 0.717) is 4.42 Å². The van der Waals surface area contributed by atoms with Gasteiger partial charge in [0, 0.05) is 0 Å². The fourth-order valence-corrected chi connectivity index (χ4v) is 0.501. The van der Waals surface area contributed by atoms with Gasteiger partial charge in [0.15, 0.2) is 0 Å². The monoisotopic (exact) mass is 162 g/mol. The van der Waals surface area contributed by atoms with E-state index in [4.69, 9.17) is 0 Å². The number of rotatable bonds is 0. The quantitative estimate of drug-likeness (QED) is 0.350. The van der Waals surface area contributed by atoms with Gasteiger partial charge in [-0.15, -0.1) is 0 Å². The molecule has 7 heavy (non-hydrogen) atoms. The van der Waals surface area contributed by atoms with Crippen LogP contribution in [0.15, 0.2) is 12.3 Å². The van der Waals surface area contributed by atoms with E-state index >= 15 is 0 Å². The van der Waals surface area contributed by atoms with Crippen LogP contribution in [-0.4, -0.2) is 26.0 Å². The molecule has 36 valence electrons. The van der Waals surface area contributed by atoms with Crippen molar-refractivity contribution in [3.63, 3.8) is 0 Å². The zero-order valence-electron chi connectivity index (χ0n) is 3.38. The summed E-state index contributed by atoms with van der Waals surface area (Å²) in [6.07, 6.45) is 2.94. The second-order valence-corrected chi connectivity index (χ2v) is 2.00. The van der Waals surface area contributed by atoms with Gasteiger partial charge in [-0.1, -0.05) is 0 Å². The van der Waals surface area contributed by atoms with Gasteiger partial charge in [-0.05, 0) is 0 Å². The van der Waals surface area contributed by atoms with Crippen LogP contribution in [0.3, 0.4) is 0 Å². The van der Waals surface area contributed by atoms with E-state index in [2.05, 4.69) is 20.3 Å². The molecular weight excluding hydrogens is 159 g/mol. The molecule has 1 aliphatic rings. The molecule has 2 nitrogen and oxygen atoms in total. The Bertz CT molecular complexity index is 148. The molecule has 0 aromatic rings. The van der Waals surface area contributed by atoms with Crippen molar-refractivity contribution in [1.82, 2.24) is 0 Å². The Kier molecular flexibility index (Phi) is 1.09. The first-order chi connectivity index (χ1) is 3.30. The van der Waals surface area contributed by atoms with Crippen LogP contribution in [0.4, 0.5) is 0 Å². The first-order valence-corrected chi connectivity index (χ1v) is 2.58. The van der Waals surface area contributed by atoms with Gasteiger partial charge in [-0.25, -0.2) is 0 Å². The van der Waals surface area contributed by atoms with E-state index in [1.54, 1.807) is 6.08 Å². The summed E-state index contributed by atoms with van der Waals surface area (Å²) < 4.78 is 4.92. The number of ether oxygens (including phenoxy) is 1. The zero-order chi connectivity index (χ0) is 5.28. The van der Waals surface area contributed by atoms with Crippen molar-refractivity contribution in [2.45, 2.75) is 0 Å². The van der Waals surface area contributed by atoms with Gasteiger partial charge in [0.2, 0.25) is 0 Å². The molecule has 0 amide bonds. The molecular formula is C4H2O2Se. The van der Waals surface area contributed by atoms with Gasteiger partial charge in [0.1, 0.15) is 0 Å². The molecule has 0 saturated carbocycles. The van der Waals surface area contributed by atoms with Crippen LogP contribution in [0, 0.1) is 0 Å². The molecule has 1 rings (SSSR count). The minimum atomic E-state index is -0.292. The molecule has 0 aromatic carbocycles. The van der Waals surface area contributed by atoms with Crippen molar-refractivity contribution < 1.29 is 9.53 Å². The van der Waals surface area contributed by atoms with Crippen molar-refractivity contribution in [2.24, 2.45) is 0 Å². The van der Waals surface area contributed by atoms with Crippen LogP contribution in [0.25, 0.3) is 0 Å². The molecule has 1 aliphatic heterocycles. The average molecular weight is 161 g/mol. The van der Waals surface area contributed by atoms with E-state index in [0.717, 1.165) is 0 Å². The third-order valence-corrected chi connectivity index (χ3v) is 1.23. The second-order valence-electron chi connectivity index (χ2n) is 1.07. The van der Waals surface area contributed by atoms with Gasteiger partial charge < -0.3 is 0 Å². The first-order valence-electron chi connectivity index (χ1n) is 1.72. The summed E-state index contributed by atoms with van der Waals surface area (Å²) >= 11 is 2.54. The van der Waals surface area contributed by atoms with Crippen molar-refractivity contribution in [2.75, 3.05) is 0 Å². The molecule has 0 spiro atoms. The van der Waals surface area contributed by atoms with E-state index in [1.165, 1.54) is 6.26 Å². The fraction of sp³-hybridized carbons (Fsp3) is 0. The number of esters is 1. The molecule has 0 fully saturated rings. The molecule has 0 atom stereocenters. The van der Waals surface area contributed by atoms with Crippen LogP contribution < -0.4 is 0 Å². The van der Waals surface area contributed by atoms with E-state index in [9.17, 15) is 4.79 Å². The van der Waals surface area contributed by atoms with Crippen molar-refractivity contribution >= 4 is 26.0 Å². The molecule has 0 radical (unpaired) electrons. The predicted octanol–water partition coefficient (Wildman–Crippen LogP) is -0.602. The standard InChI is InChI=1S/C4H2O2Se/c5-4-3(7)1-2-6-4/h1-2H. The Morgan fingerprint density at radius 2 is 2.43 bits per heavy atom. The second kappa shape index (κ2) is 1.60. The fourth-order valence-electron chi connectivity index (χ4n) is 0.284. The van der Waals surface area contributed by atoms with Crippen molar-refractivity contribution in [3.8, 4) is 0 Å². The SMILES string of the molecule is O=C1OC=CC1=[Se]. The molecule has 0 unspecified atom stereocenters. The topological polar surface area (TPSA) is 26.3 Å². The summed E-state index contributed by atoms with van der Waals surface area (Å²) in [7, 11) is 0. The molecule has 0 saturated heterocycles. The molecule has 1 heterocycles. The number of hydrogen-bond acceptors (Lipinski definition) is 2. The summed E-state index contributed by atoms with van der Waals surface area (Å²) in [5.74, 6) is -0.292. The summed E-state index contributed by atoms with van der Waals surface area (Å²) in [5.41, 5.74) is 0. The number of cyclic esters (lactones) is 1. The minimum absolute atomic E-state index is 0.292. The maximum absolute atomic E-state index is 10.2. The maximum atomic E-state index is 10.2. The summed E-state index contributed by atoms with van der Waals surface area (Å²) in [6, 6.07) is 0. The summed E-state index contributed by atoms with van der Waals surface area (Å²) in [6.45, 7) is 0. The summed E-state index contributed by atoms with van der Waals surface area (Å²) in [5, 5.41) is 0. The van der Waals surface area contributed by atoms with Gasteiger partial charge >= 0.3 is 47.8 Å². The molecule has 0 aliphatic carbocycles. The Labute approximate surface area is 48.5 Å². The Morgan fingerprint density at radius 3 is 2.57 bits per heavy atom. The molecule has 0 bridgehead atoms. The van der Waals surface area contributed by atoms with Gasteiger partial charge in [-0.3, -0.25) is 0 Å². The van der Waals surface area contributed by atoms with Crippen molar-refractivity contribution in [1.29, 1.82) is 0 Å². The normalized spacial score (nSPS) is 17.7. The van der Waals surface area contributed by atoms with Crippen LogP contribution in [0.1, 0.15) is 0 Å². The molecule has 0 aromatic heterocycles. The molecule has 0 N–H and O–H groups in total. The summed E-state index contributed by atoms with van der Waals surface area (Å²) in [4.78, 5) is 10.2. The van der Waals surface area contributed by atoms with E-state index in [1.807, 2.05) is 0 Å². The number of hydrogen-bond donors (Lipinski definition) is 0. The zero-order valence-corrected chi connectivity index (χ0v) is 5.09. The number of carbonyl (C=O) groups is 1. The Hall–Kier alpha value is -0.401. The Balaban J connectivity index is 2.81. The predicted molar refractivity (Wildman–Crippen MR) is 26.0 cm³/mol. The van der Waals surface area contributed by atoms with E-state index < -0.39 is 0 Å². The average Bonchev–Trinajstić information content (AvgIpc) is 1.91. The van der Waals surface area contributed by atoms with Crippen LogP contribution in [0.5, 0.6) is 0 Å². The molecule has 3 heteroatoms. The van der Waals surface area contributed by atoms with Crippen LogP contribution in [0.2, 0.25) is 0 Å². The van der Waals surface area contributed by atoms with Gasteiger partial charge in [0.25, 0.3) is 0 Å². The van der Waals surface area contributed by atoms with Crippen LogP contribution >= 0.6 is 0 Å². The first kappa shape index (κ1) is 4.75. The van der Waals surface area contributed by atoms with Gasteiger partial charge in [0.05, 0.1) is 0 Å². The van der Waals surface area contributed by atoms with Crippen LogP contribution in [-0.2, 0) is 9.53 Å². The van der Waals surface area contributed by atoms with Gasteiger partial charge in [-0.2, -0.15) is 0 Å². The third kappa shape index (κ3) is 0.787. The van der Waals surface area contributed by atoms with Crippen molar-refractivity contribution in [3.05, 3.63) is 12.3 Å². The van der Waals surface area contributed by atoms with E-state index in [-0.39, 0.29) is 5.97 Å². The Morgan fingerprint density at radius 1 is 1.71 bits per heavy atom. The number of carbonyl (C=O) groups excluding carboxylic acids is 1. The third-order valence-electron chi connectivity index (χ3n) is 0.596.